The Morgan fingerprint density at radius 2 is 2.24 bits per heavy atom. The van der Waals surface area contributed by atoms with Gasteiger partial charge in [-0.2, -0.15) is 5.10 Å². The lowest BCUT2D eigenvalue weighted by molar-refractivity contribution is 0.0466. The van der Waals surface area contributed by atoms with Crippen molar-refractivity contribution in [1.82, 2.24) is 10.2 Å². The summed E-state index contributed by atoms with van der Waals surface area (Å²) in [6.07, 6.45) is 1.37. The summed E-state index contributed by atoms with van der Waals surface area (Å²) >= 11 is 3.37. The monoisotopic (exact) mass is 295 g/mol. The number of hydrogen-bond donors (Lipinski definition) is 2. The van der Waals surface area contributed by atoms with E-state index in [2.05, 4.69) is 26.1 Å². The molecule has 6 heteroatoms. The minimum atomic E-state index is -0.518. The van der Waals surface area contributed by atoms with Gasteiger partial charge >= 0.3 is 5.97 Å². The summed E-state index contributed by atoms with van der Waals surface area (Å²) in [5.41, 5.74) is 6.88. The fourth-order valence-electron chi connectivity index (χ4n) is 1.29. The largest absolute Gasteiger partial charge is 0.456 e. The number of aromatic amines is 1. The quantitative estimate of drug-likeness (QED) is 0.850. The number of esters is 1. The number of nitrogens with two attached hydrogens (primary N) is 1. The molecule has 0 aliphatic rings. The van der Waals surface area contributed by atoms with E-state index < -0.39 is 5.97 Å². The number of benzene rings is 1. The fraction of sp³-hybridized carbons (Fsp3) is 0.0909. The number of nitrogens with zero attached hydrogens (tertiary/aromatic N) is 1. The summed E-state index contributed by atoms with van der Waals surface area (Å²) < 4.78 is 6.01. The molecule has 0 aliphatic heterocycles. The van der Waals surface area contributed by atoms with Crippen LogP contribution in [0.25, 0.3) is 0 Å². The van der Waals surface area contributed by atoms with Crippen molar-refractivity contribution in [1.29, 1.82) is 0 Å². The summed E-state index contributed by atoms with van der Waals surface area (Å²) in [7, 11) is 0. The molecule has 88 valence electrons. The molecule has 0 amide bonds. The van der Waals surface area contributed by atoms with Gasteiger partial charge < -0.3 is 10.5 Å². The maximum Gasteiger partial charge on any atom is 0.358 e. The van der Waals surface area contributed by atoms with Crippen LogP contribution < -0.4 is 5.73 Å². The number of carbonyl (C=O) groups is 1. The second kappa shape index (κ2) is 5.01. The van der Waals surface area contributed by atoms with E-state index in [0.29, 0.717) is 0 Å². The van der Waals surface area contributed by atoms with Gasteiger partial charge in [0.1, 0.15) is 6.61 Å². The average molecular weight is 296 g/mol. The molecular formula is C11H10BrN3O2. The minimum absolute atomic E-state index is 0.178. The maximum absolute atomic E-state index is 11.6. The first kappa shape index (κ1) is 11.7. The fourth-order valence-corrected chi connectivity index (χ4v) is 1.69. The third-order valence-electron chi connectivity index (χ3n) is 2.19. The third kappa shape index (κ3) is 2.65. The van der Waals surface area contributed by atoms with Crippen molar-refractivity contribution < 1.29 is 9.53 Å². The molecule has 2 rings (SSSR count). The first-order valence-corrected chi connectivity index (χ1v) is 5.67. The second-order valence-corrected chi connectivity index (χ2v) is 4.22. The first-order chi connectivity index (χ1) is 8.18. The number of carbonyl (C=O) groups excluding carboxylic acids is 1. The standard InChI is InChI=1S/C11H10BrN3O2/c12-8-4-2-1-3-7(8)6-17-11(16)10-9(13)5-14-15-10/h1-5H,6,13H2,(H,14,15). The van der Waals surface area contributed by atoms with Crippen LogP contribution in [0, 0.1) is 0 Å². The number of aromatic nitrogens is 2. The molecule has 0 aliphatic carbocycles. The molecular weight excluding hydrogens is 286 g/mol. The Kier molecular flexibility index (Phi) is 3.43. The molecule has 5 nitrogen and oxygen atoms in total. The smallest absolute Gasteiger partial charge is 0.358 e. The van der Waals surface area contributed by atoms with E-state index in [0.717, 1.165) is 10.0 Å². The highest BCUT2D eigenvalue weighted by atomic mass is 79.9. The van der Waals surface area contributed by atoms with Crippen LogP contribution in [0.2, 0.25) is 0 Å². The first-order valence-electron chi connectivity index (χ1n) is 4.88. The summed E-state index contributed by atoms with van der Waals surface area (Å²) in [5, 5.41) is 6.15. The summed E-state index contributed by atoms with van der Waals surface area (Å²) in [6, 6.07) is 7.52. The number of nitrogens with one attached hydrogen (secondary N) is 1. The average Bonchev–Trinajstić information content (AvgIpc) is 2.74. The number of H-pyrrole nitrogens is 1. The molecule has 1 aromatic carbocycles. The van der Waals surface area contributed by atoms with Crippen LogP contribution in [0.4, 0.5) is 5.69 Å². The van der Waals surface area contributed by atoms with E-state index in [-0.39, 0.29) is 18.0 Å². The maximum atomic E-state index is 11.6. The predicted molar refractivity (Wildman–Crippen MR) is 66.3 cm³/mol. The number of halogens is 1. The van der Waals surface area contributed by atoms with Crippen LogP contribution in [0.3, 0.4) is 0 Å². The summed E-state index contributed by atoms with van der Waals surface area (Å²) in [5.74, 6) is -0.518. The zero-order chi connectivity index (χ0) is 12.3. The van der Waals surface area contributed by atoms with Gasteiger partial charge in [-0.3, -0.25) is 5.10 Å². The van der Waals surface area contributed by atoms with Crippen molar-refractivity contribution >= 4 is 27.6 Å². The summed E-state index contributed by atoms with van der Waals surface area (Å²) in [6.45, 7) is 0.179. The molecule has 0 spiro atoms. The number of ether oxygens (including phenoxy) is 1. The lowest BCUT2D eigenvalue weighted by Gasteiger charge is -2.05. The molecule has 0 saturated carbocycles. The van der Waals surface area contributed by atoms with Gasteiger partial charge in [0.15, 0.2) is 5.69 Å². The van der Waals surface area contributed by atoms with Crippen molar-refractivity contribution in [3.63, 3.8) is 0 Å². The molecule has 1 heterocycles. The van der Waals surface area contributed by atoms with Crippen LogP contribution >= 0.6 is 15.9 Å². The number of nitrogen functional groups attached to an aromatic ring is 1. The lowest BCUT2D eigenvalue weighted by Crippen LogP contribution is -2.08. The Balaban J connectivity index is 2.02. The highest BCUT2D eigenvalue weighted by Crippen LogP contribution is 2.17. The number of rotatable bonds is 3. The van der Waals surface area contributed by atoms with Gasteiger partial charge in [-0.1, -0.05) is 34.1 Å². The Bertz CT molecular complexity index is 539. The Hall–Kier alpha value is -1.82. The van der Waals surface area contributed by atoms with Crippen LogP contribution in [-0.4, -0.2) is 16.2 Å². The van der Waals surface area contributed by atoms with Gasteiger partial charge in [-0.15, -0.1) is 0 Å². The minimum Gasteiger partial charge on any atom is -0.456 e. The molecule has 0 saturated heterocycles. The predicted octanol–water partition coefficient (Wildman–Crippen LogP) is 2.11. The molecule has 1 aromatic heterocycles. The SMILES string of the molecule is Nc1cn[nH]c1C(=O)OCc1ccccc1Br. The van der Waals surface area contributed by atoms with Crippen molar-refractivity contribution in [3.8, 4) is 0 Å². The van der Waals surface area contributed by atoms with Gasteiger partial charge in [0, 0.05) is 10.0 Å². The summed E-state index contributed by atoms with van der Waals surface area (Å²) in [4.78, 5) is 11.6. The van der Waals surface area contributed by atoms with Gasteiger partial charge in [0.2, 0.25) is 0 Å². The Morgan fingerprint density at radius 3 is 2.88 bits per heavy atom. The molecule has 0 fully saturated rings. The van der Waals surface area contributed by atoms with Crippen LogP contribution in [-0.2, 0) is 11.3 Å². The Morgan fingerprint density at radius 1 is 1.47 bits per heavy atom. The van der Waals surface area contributed by atoms with E-state index in [1.165, 1.54) is 6.20 Å². The zero-order valence-corrected chi connectivity index (χ0v) is 10.4. The van der Waals surface area contributed by atoms with Gasteiger partial charge in [0.05, 0.1) is 11.9 Å². The van der Waals surface area contributed by atoms with Crippen molar-refractivity contribution in [2.24, 2.45) is 0 Å². The van der Waals surface area contributed by atoms with Gasteiger partial charge in [-0.05, 0) is 6.07 Å². The van der Waals surface area contributed by atoms with Crippen molar-refractivity contribution in [2.45, 2.75) is 6.61 Å². The van der Waals surface area contributed by atoms with E-state index in [1.54, 1.807) is 0 Å². The third-order valence-corrected chi connectivity index (χ3v) is 2.96. The zero-order valence-electron chi connectivity index (χ0n) is 8.81. The molecule has 2 aromatic rings. The van der Waals surface area contributed by atoms with E-state index >= 15 is 0 Å². The number of anilines is 1. The Labute approximate surface area is 106 Å². The molecule has 0 radical (unpaired) electrons. The van der Waals surface area contributed by atoms with Gasteiger partial charge in [0.25, 0.3) is 0 Å². The number of hydrogen-bond acceptors (Lipinski definition) is 4. The molecule has 3 N–H and O–H groups in total. The lowest BCUT2D eigenvalue weighted by atomic mass is 10.2. The molecule has 0 bridgehead atoms. The normalized spacial score (nSPS) is 10.2. The highest BCUT2D eigenvalue weighted by molar-refractivity contribution is 9.10. The van der Waals surface area contributed by atoms with Crippen molar-refractivity contribution in [2.75, 3.05) is 5.73 Å². The van der Waals surface area contributed by atoms with Crippen LogP contribution in [0.5, 0.6) is 0 Å². The molecule has 0 unspecified atom stereocenters. The molecule has 0 atom stereocenters. The van der Waals surface area contributed by atoms with Crippen LogP contribution in [0.15, 0.2) is 34.9 Å². The molecule has 17 heavy (non-hydrogen) atoms. The van der Waals surface area contributed by atoms with E-state index in [9.17, 15) is 4.79 Å². The highest BCUT2D eigenvalue weighted by Gasteiger charge is 2.13. The van der Waals surface area contributed by atoms with Gasteiger partial charge in [-0.25, -0.2) is 4.79 Å². The van der Waals surface area contributed by atoms with E-state index in [4.69, 9.17) is 10.5 Å². The topological polar surface area (TPSA) is 81.0 Å². The van der Waals surface area contributed by atoms with Crippen LogP contribution in [0.1, 0.15) is 16.1 Å². The van der Waals surface area contributed by atoms with Crippen molar-refractivity contribution in [3.05, 3.63) is 46.2 Å². The second-order valence-electron chi connectivity index (χ2n) is 3.37. The van der Waals surface area contributed by atoms with E-state index in [1.807, 2.05) is 24.3 Å².